The number of rotatable bonds is 4. The topological polar surface area (TPSA) is 53.4 Å². The molecule has 120 valence electrons. The molecule has 0 radical (unpaired) electrons. The van der Waals surface area contributed by atoms with Gasteiger partial charge in [0.25, 0.3) is 0 Å². The van der Waals surface area contributed by atoms with Crippen molar-refractivity contribution in [2.75, 3.05) is 13.1 Å². The zero-order chi connectivity index (χ0) is 15.4. The van der Waals surface area contributed by atoms with Gasteiger partial charge in [-0.25, -0.2) is 4.79 Å². The lowest BCUT2D eigenvalue weighted by atomic mass is 9.91. The second-order valence-corrected chi connectivity index (χ2v) is 6.79. The average molecular weight is 302 g/mol. The molecule has 2 heterocycles. The maximum Gasteiger partial charge on any atom is 0.407 e. The number of likely N-dealkylation sites (tertiary alicyclic amines) is 1. The van der Waals surface area contributed by atoms with Crippen LogP contribution in [0, 0.1) is 5.92 Å². The minimum Gasteiger partial charge on any atom is -0.465 e. The summed E-state index contributed by atoms with van der Waals surface area (Å²) in [5.74, 6) is 1.33. The fourth-order valence-electron chi connectivity index (χ4n) is 3.85. The molecule has 1 aliphatic heterocycles. The quantitative estimate of drug-likeness (QED) is 0.912. The second-order valence-electron chi connectivity index (χ2n) is 6.79. The Balaban J connectivity index is 1.49. The van der Waals surface area contributed by atoms with Crippen molar-refractivity contribution in [2.24, 2.45) is 5.92 Å². The normalized spacial score (nSPS) is 20.5. The van der Waals surface area contributed by atoms with Crippen molar-refractivity contribution in [3.05, 3.63) is 29.6 Å². The summed E-state index contributed by atoms with van der Waals surface area (Å²) >= 11 is 0. The van der Waals surface area contributed by atoms with E-state index in [1.807, 2.05) is 0 Å². The number of carboxylic acid groups (broad SMARTS) is 1. The first-order chi connectivity index (χ1) is 10.7. The van der Waals surface area contributed by atoms with Crippen LogP contribution >= 0.6 is 0 Å². The van der Waals surface area contributed by atoms with E-state index < -0.39 is 6.09 Å². The van der Waals surface area contributed by atoms with Gasteiger partial charge >= 0.3 is 6.09 Å². The summed E-state index contributed by atoms with van der Waals surface area (Å²) in [7, 11) is 0. The third-order valence-electron chi connectivity index (χ3n) is 5.30. The zero-order valence-corrected chi connectivity index (χ0v) is 13.2. The summed E-state index contributed by atoms with van der Waals surface area (Å²) < 4.78 is 0. The number of amides is 1. The van der Waals surface area contributed by atoms with Gasteiger partial charge in [0, 0.05) is 30.4 Å². The third-order valence-corrected chi connectivity index (χ3v) is 5.30. The molecule has 2 aliphatic rings. The molecule has 1 aromatic rings. The number of nitrogens with zero attached hydrogens (tertiary/aromatic N) is 2. The van der Waals surface area contributed by atoms with E-state index in [1.54, 1.807) is 0 Å². The van der Waals surface area contributed by atoms with E-state index in [1.165, 1.54) is 42.0 Å². The lowest BCUT2D eigenvalue weighted by molar-refractivity contribution is 0.123. The van der Waals surface area contributed by atoms with Crippen LogP contribution in [0.25, 0.3) is 0 Å². The fourth-order valence-corrected chi connectivity index (χ4v) is 3.85. The van der Waals surface area contributed by atoms with Crippen LogP contribution in [0.4, 0.5) is 4.79 Å². The van der Waals surface area contributed by atoms with E-state index in [0.717, 1.165) is 25.7 Å². The smallest absolute Gasteiger partial charge is 0.407 e. The highest BCUT2D eigenvalue weighted by Gasteiger charge is 2.22. The van der Waals surface area contributed by atoms with E-state index in [0.29, 0.717) is 24.9 Å². The van der Waals surface area contributed by atoms with Crippen LogP contribution in [0.5, 0.6) is 0 Å². The van der Waals surface area contributed by atoms with Crippen molar-refractivity contribution in [3.8, 4) is 0 Å². The van der Waals surface area contributed by atoms with E-state index >= 15 is 0 Å². The Bertz CT molecular complexity index is 504. The summed E-state index contributed by atoms with van der Waals surface area (Å²) in [4.78, 5) is 17.3. The molecule has 1 saturated heterocycles. The van der Waals surface area contributed by atoms with E-state index in [2.05, 4.69) is 18.2 Å². The Morgan fingerprint density at radius 3 is 2.59 bits per heavy atom. The molecule has 2 fully saturated rings. The number of aryl methyl sites for hydroxylation is 1. The maximum absolute atomic E-state index is 10.9. The van der Waals surface area contributed by atoms with Gasteiger partial charge in [0.15, 0.2) is 0 Å². The minimum absolute atomic E-state index is 0.646. The van der Waals surface area contributed by atoms with Gasteiger partial charge in [0.1, 0.15) is 0 Å². The van der Waals surface area contributed by atoms with Crippen LogP contribution in [0.3, 0.4) is 0 Å². The molecule has 4 nitrogen and oxygen atoms in total. The molecular weight excluding hydrogens is 276 g/mol. The maximum atomic E-state index is 10.9. The zero-order valence-electron chi connectivity index (χ0n) is 13.2. The van der Waals surface area contributed by atoms with Crippen molar-refractivity contribution in [1.82, 2.24) is 9.88 Å². The Hall–Kier alpha value is -1.58. The van der Waals surface area contributed by atoms with Gasteiger partial charge in [-0.1, -0.05) is 18.9 Å². The number of hydrogen-bond donors (Lipinski definition) is 1. The van der Waals surface area contributed by atoms with Crippen molar-refractivity contribution in [2.45, 2.75) is 57.3 Å². The Morgan fingerprint density at radius 1 is 1.18 bits per heavy atom. The van der Waals surface area contributed by atoms with Crippen LogP contribution in [0.1, 0.15) is 62.3 Å². The van der Waals surface area contributed by atoms with Crippen LogP contribution < -0.4 is 0 Å². The van der Waals surface area contributed by atoms with Gasteiger partial charge in [-0.2, -0.15) is 0 Å². The first kappa shape index (κ1) is 15.3. The first-order valence-corrected chi connectivity index (χ1v) is 8.66. The molecule has 1 amide bonds. The van der Waals surface area contributed by atoms with Gasteiger partial charge in [-0.3, -0.25) is 4.98 Å². The van der Waals surface area contributed by atoms with Crippen molar-refractivity contribution < 1.29 is 9.90 Å². The lowest BCUT2D eigenvalue weighted by Crippen LogP contribution is -2.37. The van der Waals surface area contributed by atoms with Crippen LogP contribution in [0.15, 0.2) is 18.2 Å². The second kappa shape index (κ2) is 7.12. The Kier molecular flexibility index (Phi) is 4.96. The van der Waals surface area contributed by atoms with E-state index in [-0.39, 0.29) is 0 Å². The van der Waals surface area contributed by atoms with Gasteiger partial charge in [-0.15, -0.1) is 0 Å². The molecule has 22 heavy (non-hydrogen) atoms. The molecular formula is C18H26N2O2. The molecule has 1 saturated carbocycles. The van der Waals surface area contributed by atoms with E-state index in [9.17, 15) is 4.79 Å². The van der Waals surface area contributed by atoms with Crippen molar-refractivity contribution in [3.63, 3.8) is 0 Å². The highest BCUT2D eigenvalue weighted by molar-refractivity contribution is 5.64. The van der Waals surface area contributed by atoms with E-state index in [4.69, 9.17) is 10.1 Å². The number of piperidine rings is 1. The summed E-state index contributed by atoms with van der Waals surface area (Å²) in [6.07, 6.45) is 8.66. The van der Waals surface area contributed by atoms with Crippen LogP contribution in [-0.2, 0) is 6.42 Å². The molecule has 0 atom stereocenters. The molecule has 3 rings (SSSR count). The summed E-state index contributed by atoms with van der Waals surface area (Å²) in [5.41, 5.74) is 2.50. The standard InChI is InChI=1S/C18H26N2O2/c21-18(22)20-12-10-14(11-13-20)8-9-16-6-3-7-17(19-16)15-4-1-2-5-15/h3,6-7,14-15H,1-2,4-5,8-13H2,(H,21,22). The Labute approximate surface area is 132 Å². The van der Waals surface area contributed by atoms with Crippen molar-refractivity contribution in [1.29, 1.82) is 0 Å². The lowest BCUT2D eigenvalue weighted by Gasteiger charge is -2.29. The van der Waals surface area contributed by atoms with Gasteiger partial charge < -0.3 is 10.0 Å². The summed E-state index contributed by atoms with van der Waals surface area (Å²) in [6, 6.07) is 6.48. The highest BCUT2D eigenvalue weighted by atomic mass is 16.4. The van der Waals surface area contributed by atoms with Crippen LogP contribution in [-0.4, -0.2) is 34.2 Å². The fraction of sp³-hybridized carbons (Fsp3) is 0.667. The molecule has 0 aromatic carbocycles. The molecule has 0 unspecified atom stereocenters. The summed E-state index contributed by atoms with van der Waals surface area (Å²) in [5, 5.41) is 8.98. The van der Waals surface area contributed by atoms with Crippen molar-refractivity contribution >= 4 is 6.09 Å². The third kappa shape index (κ3) is 3.79. The predicted molar refractivity (Wildman–Crippen MR) is 86.1 cm³/mol. The molecule has 1 N–H and O–H groups in total. The van der Waals surface area contributed by atoms with Gasteiger partial charge in [0.2, 0.25) is 0 Å². The average Bonchev–Trinajstić information content (AvgIpc) is 3.08. The molecule has 4 heteroatoms. The Morgan fingerprint density at radius 2 is 1.91 bits per heavy atom. The molecule has 1 aliphatic carbocycles. The molecule has 0 bridgehead atoms. The largest absolute Gasteiger partial charge is 0.465 e. The molecule has 0 spiro atoms. The summed E-state index contributed by atoms with van der Waals surface area (Å²) in [6.45, 7) is 1.38. The van der Waals surface area contributed by atoms with Gasteiger partial charge in [-0.05, 0) is 56.6 Å². The number of pyridine rings is 1. The van der Waals surface area contributed by atoms with Gasteiger partial charge in [0.05, 0.1) is 0 Å². The SMILES string of the molecule is O=C(O)N1CCC(CCc2cccc(C3CCCC3)n2)CC1. The monoisotopic (exact) mass is 302 g/mol. The first-order valence-electron chi connectivity index (χ1n) is 8.66. The number of hydrogen-bond acceptors (Lipinski definition) is 2. The number of carbonyl (C=O) groups is 1. The molecule has 1 aromatic heterocycles. The highest BCUT2D eigenvalue weighted by Crippen LogP contribution is 2.33. The minimum atomic E-state index is -0.774. The number of aromatic nitrogens is 1. The van der Waals surface area contributed by atoms with Crippen LogP contribution in [0.2, 0.25) is 0 Å². The predicted octanol–water partition coefficient (Wildman–Crippen LogP) is 4.06.